The minimum atomic E-state index is -1.08. The number of amides is 3. The smallest absolute Gasteiger partial charge is 0.406 e. The fourth-order valence-corrected chi connectivity index (χ4v) is 5.67. The van der Waals surface area contributed by atoms with Crippen molar-refractivity contribution in [2.45, 2.75) is 63.5 Å². The molecule has 38 heavy (non-hydrogen) atoms. The molecule has 1 aromatic carbocycles. The molecular formula is C27H42F2N4O5. The van der Waals surface area contributed by atoms with Crippen molar-refractivity contribution in [1.82, 2.24) is 20.9 Å². The molecule has 1 saturated carbocycles. The first-order valence-electron chi connectivity index (χ1n) is 13.6. The number of phenolic OH excluding ortho intramolecular Hbond substituents is 1. The van der Waals surface area contributed by atoms with E-state index in [0.717, 1.165) is 12.5 Å². The predicted molar refractivity (Wildman–Crippen MR) is 139 cm³/mol. The van der Waals surface area contributed by atoms with Crippen LogP contribution in [0.1, 0.15) is 63.0 Å². The zero-order valence-corrected chi connectivity index (χ0v) is 22.4. The van der Waals surface area contributed by atoms with Crippen molar-refractivity contribution in [3.63, 3.8) is 0 Å². The Labute approximate surface area is 223 Å². The summed E-state index contributed by atoms with van der Waals surface area (Å²) in [7, 11) is 3.11. The van der Waals surface area contributed by atoms with Crippen LogP contribution in [0.15, 0.2) is 12.1 Å². The van der Waals surface area contributed by atoms with E-state index in [1.807, 2.05) is 7.05 Å². The van der Waals surface area contributed by atoms with Crippen LogP contribution >= 0.6 is 0 Å². The fraction of sp³-hybridized carbons (Fsp3) is 0.704. The zero-order chi connectivity index (χ0) is 27.5. The maximum absolute atomic E-state index is 14.2. The molecule has 0 radical (unpaired) electrons. The molecular weight excluding hydrogens is 498 g/mol. The van der Waals surface area contributed by atoms with E-state index in [1.165, 1.54) is 39.2 Å². The van der Waals surface area contributed by atoms with Gasteiger partial charge in [-0.05, 0) is 38.3 Å². The van der Waals surface area contributed by atoms with Crippen LogP contribution < -0.4 is 16.0 Å². The van der Waals surface area contributed by atoms with E-state index in [1.54, 1.807) is 4.90 Å². The topological polar surface area (TPSA) is 112 Å². The summed E-state index contributed by atoms with van der Waals surface area (Å²) in [6.07, 6.45) is 6.87. The average Bonchev–Trinajstić information content (AvgIpc) is 2.91. The van der Waals surface area contributed by atoms with Crippen molar-refractivity contribution >= 4 is 12.1 Å². The molecule has 3 atom stereocenters. The summed E-state index contributed by atoms with van der Waals surface area (Å²) in [5.74, 6) is -2.30. The quantitative estimate of drug-likeness (QED) is 0.315. The van der Waals surface area contributed by atoms with Gasteiger partial charge in [-0.3, -0.25) is 0 Å². The number of urea groups is 1. The van der Waals surface area contributed by atoms with E-state index in [0.29, 0.717) is 44.5 Å². The zero-order valence-electron chi connectivity index (χ0n) is 22.4. The van der Waals surface area contributed by atoms with Crippen molar-refractivity contribution in [3.8, 4) is 5.75 Å². The number of hydrogen-bond donors (Lipinski definition) is 4. The molecule has 0 spiro atoms. The van der Waals surface area contributed by atoms with E-state index in [-0.39, 0.29) is 36.7 Å². The van der Waals surface area contributed by atoms with Gasteiger partial charge >= 0.3 is 12.1 Å². The number of rotatable bonds is 11. The number of hydrogen-bond acceptors (Lipinski definition) is 6. The van der Waals surface area contributed by atoms with E-state index in [9.17, 15) is 23.5 Å². The lowest BCUT2D eigenvalue weighted by Gasteiger charge is -2.38. The Hall–Kier alpha value is -2.66. The summed E-state index contributed by atoms with van der Waals surface area (Å²) < 4.78 is 38.9. The Bertz CT molecular complexity index is 916. The highest BCUT2D eigenvalue weighted by Gasteiger charge is 2.34. The number of nitrogens with zero attached hydrogens (tertiary/aromatic N) is 1. The summed E-state index contributed by atoms with van der Waals surface area (Å²) in [5, 5.41) is 19.3. The van der Waals surface area contributed by atoms with Gasteiger partial charge < -0.3 is 35.4 Å². The summed E-state index contributed by atoms with van der Waals surface area (Å²) in [6, 6.07) is 1.51. The van der Waals surface area contributed by atoms with Gasteiger partial charge in [0, 0.05) is 49.8 Å². The highest BCUT2D eigenvalue weighted by atomic mass is 19.1. The van der Waals surface area contributed by atoms with Crippen LogP contribution in [-0.2, 0) is 9.47 Å². The monoisotopic (exact) mass is 540 g/mol. The summed E-state index contributed by atoms with van der Waals surface area (Å²) >= 11 is 0. The lowest BCUT2D eigenvalue weighted by molar-refractivity contribution is -0.0103. The summed E-state index contributed by atoms with van der Waals surface area (Å²) in [6.45, 7) is 1.65. The Morgan fingerprint density at radius 3 is 2.63 bits per heavy atom. The minimum absolute atomic E-state index is 0.00813. The van der Waals surface area contributed by atoms with E-state index in [4.69, 9.17) is 4.74 Å². The van der Waals surface area contributed by atoms with Crippen molar-refractivity contribution in [1.29, 1.82) is 0 Å². The number of benzene rings is 1. The molecule has 3 unspecified atom stereocenters. The number of piperidine rings is 1. The average molecular weight is 541 g/mol. The third-order valence-electron chi connectivity index (χ3n) is 7.51. The third-order valence-corrected chi connectivity index (χ3v) is 7.51. The van der Waals surface area contributed by atoms with Gasteiger partial charge in [0.05, 0.1) is 19.8 Å². The lowest BCUT2D eigenvalue weighted by Crippen LogP contribution is -2.52. The first kappa shape index (κ1) is 29.9. The predicted octanol–water partition coefficient (Wildman–Crippen LogP) is 4.06. The standard InChI is InChI=1S/C27H42F2N4O5/c1-30-16-21(13-18-7-4-3-5-8-18)32-26(35)33-11-6-9-19(17-33)25(38-12-10-31-27(36)37-2)22-14-20(28)15-23(29)24(22)34/h14-15,18-19,21,25,30,34H,3-13,16-17H2,1-2H3,(H,31,36)(H,32,35). The second-order valence-electron chi connectivity index (χ2n) is 10.3. The van der Waals surface area contributed by atoms with Crippen LogP contribution in [0.3, 0.4) is 0 Å². The van der Waals surface area contributed by atoms with Gasteiger partial charge in [0.1, 0.15) is 5.82 Å². The molecule has 1 aliphatic carbocycles. The SMILES string of the molecule is CNCC(CC1CCCCC1)NC(=O)N1CCCC(C(OCCNC(=O)OC)c2cc(F)cc(F)c2O)C1. The van der Waals surface area contributed by atoms with Crippen molar-refractivity contribution in [2.75, 3.05) is 46.9 Å². The van der Waals surface area contributed by atoms with Gasteiger partial charge in [0.25, 0.3) is 0 Å². The van der Waals surface area contributed by atoms with Gasteiger partial charge in [-0.25, -0.2) is 18.4 Å². The summed E-state index contributed by atoms with van der Waals surface area (Å²) in [4.78, 5) is 26.4. The van der Waals surface area contributed by atoms with Crippen LogP contribution in [0, 0.1) is 23.5 Å². The van der Waals surface area contributed by atoms with Gasteiger partial charge in [0.2, 0.25) is 0 Å². The van der Waals surface area contributed by atoms with Crippen LogP contribution in [0.2, 0.25) is 0 Å². The molecule has 3 rings (SSSR count). The summed E-state index contributed by atoms with van der Waals surface area (Å²) in [5.41, 5.74) is -0.0156. The molecule has 4 N–H and O–H groups in total. The van der Waals surface area contributed by atoms with Gasteiger partial charge in [-0.15, -0.1) is 0 Å². The lowest BCUT2D eigenvalue weighted by atomic mass is 9.85. The number of phenols is 1. The number of halogens is 2. The van der Waals surface area contributed by atoms with Crippen LogP contribution in [0.4, 0.5) is 18.4 Å². The van der Waals surface area contributed by atoms with E-state index in [2.05, 4.69) is 20.7 Å². The van der Waals surface area contributed by atoms with Gasteiger partial charge in [-0.2, -0.15) is 0 Å². The van der Waals surface area contributed by atoms with Gasteiger partial charge in [0.15, 0.2) is 11.6 Å². The molecule has 2 fully saturated rings. The number of likely N-dealkylation sites (tertiary alicyclic amines) is 1. The molecule has 214 valence electrons. The molecule has 1 aliphatic heterocycles. The maximum Gasteiger partial charge on any atom is 0.406 e. The number of carbonyl (C=O) groups is 2. The highest BCUT2D eigenvalue weighted by Crippen LogP contribution is 2.38. The highest BCUT2D eigenvalue weighted by molar-refractivity contribution is 5.74. The van der Waals surface area contributed by atoms with E-state index >= 15 is 0 Å². The van der Waals surface area contributed by atoms with Crippen LogP contribution in [0.5, 0.6) is 5.75 Å². The second kappa shape index (κ2) is 15.1. The van der Waals surface area contributed by atoms with Crippen molar-refractivity contribution < 1.29 is 33.0 Å². The molecule has 3 amide bonds. The van der Waals surface area contributed by atoms with E-state index < -0.39 is 29.6 Å². The molecule has 1 saturated heterocycles. The van der Waals surface area contributed by atoms with Crippen molar-refractivity contribution in [3.05, 3.63) is 29.3 Å². The van der Waals surface area contributed by atoms with Crippen LogP contribution in [-0.4, -0.2) is 75.1 Å². The van der Waals surface area contributed by atoms with Crippen molar-refractivity contribution in [2.24, 2.45) is 11.8 Å². The first-order chi connectivity index (χ1) is 18.3. The third kappa shape index (κ3) is 8.69. The molecule has 11 heteroatoms. The number of alkyl carbamates (subject to hydrolysis) is 1. The Balaban J connectivity index is 1.69. The minimum Gasteiger partial charge on any atom is -0.505 e. The number of ether oxygens (including phenoxy) is 2. The number of methoxy groups -OCH3 is 1. The second-order valence-corrected chi connectivity index (χ2v) is 10.3. The number of carbonyl (C=O) groups excluding carboxylic acids is 2. The molecule has 9 nitrogen and oxygen atoms in total. The number of aromatic hydroxyl groups is 1. The maximum atomic E-state index is 14.2. The fourth-order valence-electron chi connectivity index (χ4n) is 5.67. The molecule has 1 heterocycles. The molecule has 0 aromatic heterocycles. The number of likely N-dealkylation sites (N-methyl/N-ethyl adjacent to an activating group) is 1. The first-order valence-corrected chi connectivity index (χ1v) is 13.6. The molecule has 0 bridgehead atoms. The normalized spacial score (nSPS) is 20.0. The number of nitrogens with one attached hydrogen (secondary N) is 3. The largest absolute Gasteiger partial charge is 0.505 e. The molecule has 2 aliphatic rings. The Morgan fingerprint density at radius 1 is 1.16 bits per heavy atom. The van der Waals surface area contributed by atoms with Gasteiger partial charge in [-0.1, -0.05) is 32.1 Å². The Kier molecular flexibility index (Phi) is 11.8. The molecule has 1 aromatic rings. The van der Waals surface area contributed by atoms with Crippen LogP contribution in [0.25, 0.3) is 0 Å². The Morgan fingerprint density at radius 2 is 1.92 bits per heavy atom.